The summed E-state index contributed by atoms with van der Waals surface area (Å²) in [5.74, 6) is -0.640. The molecule has 0 saturated carbocycles. The molecule has 3 rings (SSSR count). The summed E-state index contributed by atoms with van der Waals surface area (Å²) in [6.07, 6.45) is 0.534. The van der Waals surface area contributed by atoms with Gasteiger partial charge in [0.05, 0.1) is 4.88 Å². The van der Waals surface area contributed by atoms with Crippen LogP contribution in [0.15, 0.2) is 22.9 Å². The predicted molar refractivity (Wildman–Crippen MR) is 83.7 cm³/mol. The molecule has 1 aliphatic heterocycles. The smallest absolute Gasteiger partial charge is 0.270 e. The second kappa shape index (κ2) is 6.37. The molecule has 2 aromatic rings. The van der Waals surface area contributed by atoms with Crippen molar-refractivity contribution in [3.63, 3.8) is 0 Å². The van der Waals surface area contributed by atoms with E-state index in [1.165, 1.54) is 16.2 Å². The van der Waals surface area contributed by atoms with Crippen LogP contribution in [0.3, 0.4) is 0 Å². The number of hydrogen-bond acceptors (Lipinski definition) is 6. The minimum absolute atomic E-state index is 0.173. The normalized spacial score (nSPS) is 14.6. The highest BCUT2D eigenvalue weighted by molar-refractivity contribution is 7.20. The Morgan fingerprint density at radius 1 is 1.27 bits per heavy atom. The number of thiophene rings is 1. The highest BCUT2D eigenvalue weighted by atomic mass is 32.1. The van der Waals surface area contributed by atoms with Crippen molar-refractivity contribution < 1.29 is 14.4 Å². The number of carbonyl (C=O) groups is 3. The fourth-order valence-electron chi connectivity index (χ4n) is 2.14. The number of carbonyl (C=O) groups excluding carboxylic acids is 3. The molecule has 3 amide bonds. The zero-order valence-electron chi connectivity index (χ0n) is 11.6. The van der Waals surface area contributed by atoms with E-state index in [1.54, 1.807) is 16.7 Å². The van der Waals surface area contributed by atoms with Crippen molar-refractivity contribution in [3.05, 3.63) is 28.6 Å². The molecule has 6 nitrogen and oxygen atoms in total. The minimum atomic E-state index is -0.293. The molecular formula is C14H13N3O3S2. The van der Waals surface area contributed by atoms with Crippen molar-refractivity contribution >= 4 is 40.4 Å². The third-order valence-electron chi connectivity index (χ3n) is 3.24. The molecule has 1 aliphatic rings. The van der Waals surface area contributed by atoms with Gasteiger partial charge in [-0.25, -0.2) is 4.98 Å². The first-order valence-electron chi connectivity index (χ1n) is 6.76. The molecule has 0 aromatic carbocycles. The molecular weight excluding hydrogens is 322 g/mol. The first kappa shape index (κ1) is 14.9. The highest BCUT2D eigenvalue weighted by Gasteiger charge is 2.28. The van der Waals surface area contributed by atoms with Crippen LogP contribution in [0.25, 0.3) is 9.88 Å². The van der Waals surface area contributed by atoms with Gasteiger partial charge in [0.2, 0.25) is 11.8 Å². The number of aromatic nitrogens is 1. The lowest BCUT2D eigenvalue weighted by molar-refractivity contribution is -0.138. The Morgan fingerprint density at radius 2 is 2.05 bits per heavy atom. The molecule has 1 fully saturated rings. The van der Waals surface area contributed by atoms with Crippen LogP contribution in [0.5, 0.6) is 0 Å². The molecule has 3 heterocycles. The molecule has 0 unspecified atom stereocenters. The van der Waals surface area contributed by atoms with Crippen molar-refractivity contribution in [1.29, 1.82) is 0 Å². The summed E-state index contributed by atoms with van der Waals surface area (Å²) in [6.45, 7) is 0.452. The van der Waals surface area contributed by atoms with Gasteiger partial charge in [0, 0.05) is 31.3 Å². The Balaban J connectivity index is 1.54. The van der Waals surface area contributed by atoms with Gasteiger partial charge in [-0.1, -0.05) is 6.07 Å². The number of nitrogens with zero attached hydrogens (tertiary/aromatic N) is 2. The van der Waals surface area contributed by atoms with E-state index in [-0.39, 0.29) is 43.7 Å². The molecule has 0 spiro atoms. The largest absolute Gasteiger partial charge is 0.349 e. The van der Waals surface area contributed by atoms with Crippen LogP contribution in [-0.4, -0.2) is 40.7 Å². The lowest BCUT2D eigenvalue weighted by Crippen LogP contribution is -2.37. The van der Waals surface area contributed by atoms with E-state index in [0.29, 0.717) is 5.69 Å². The Labute approximate surface area is 134 Å². The van der Waals surface area contributed by atoms with Gasteiger partial charge in [0.25, 0.3) is 5.91 Å². The fourth-order valence-corrected chi connectivity index (χ4v) is 3.75. The number of nitrogens with one attached hydrogen (secondary N) is 1. The van der Waals surface area contributed by atoms with Gasteiger partial charge in [0.1, 0.15) is 10.7 Å². The Kier molecular flexibility index (Phi) is 4.30. The van der Waals surface area contributed by atoms with Gasteiger partial charge in [-0.05, 0) is 11.4 Å². The zero-order valence-corrected chi connectivity index (χ0v) is 13.2. The molecule has 22 heavy (non-hydrogen) atoms. The van der Waals surface area contributed by atoms with Gasteiger partial charge >= 0.3 is 0 Å². The van der Waals surface area contributed by atoms with Crippen LogP contribution in [0.1, 0.15) is 23.3 Å². The zero-order chi connectivity index (χ0) is 15.5. The topological polar surface area (TPSA) is 79.4 Å². The summed E-state index contributed by atoms with van der Waals surface area (Å²) < 4.78 is 0. The quantitative estimate of drug-likeness (QED) is 0.844. The van der Waals surface area contributed by atoms with Gasteiger partial charge in [-0.3, -0.25) is 19.3 Å². The third-order valence-corrected chi connectivity index (χ3v) is 5.13. The monoisotopic (exact) mass is 335 g/mol. The van der Waals surface area contributed by atoms with Crippen LogP contribution in [0.4, 0.5) is 0 Å². The van der Waals surface area contributed by atoms with Crippen molar-refractivity contribution in [3.8, 4) is 9.88 Å². The lowest BCUT2D eigenvalue weighted by Gasteiger charge is -2.13. The Morgan fingerprint density at radius 3 is 2.73 bits per heavy atom. The third kappa shape index (κ3) is 3.07. The van der Waals surface area contributed by atoms with Crippen LogP contribution < -0.4 is 5.32 Å². The van der Waals surface area contributed by atoms with Crippen molar-refractivity contribution in [1.82, 2.24) is 15.2 Å². The highest BCUT2D eigenvalue weighted by Crippen LogP contribution is 2.27. The number of amides is 3. The van der Waals surface area contributed by atoms with Crippen LogP contribution in [-0.2, 0) is 9.59 Å². The minimum Gasteiger partial charge on any atom is -0.349 e. The number of rotatable bonds is 5. The number of hydrogen-bond donors (Lipinski definition) is 1. The molecule has 1 N–H and O–H groups in total. The van der Waals surface area contributed by atoms with Crippen LogP contribution in [0, 0.1) is 0 Å². The van der Waals surface area contributed by atoms with Gasteiger partial charge in [0.15, 0.2) is 0 Å². The summed E-state index contributed by atoms with van der Waals surface area (Å²) in [7, 11) is 0. The van der Waals surface area contributed by atoms with Gasteiger partial charge in [-0.15, -0.1) is 22.7 Å². The standard InChI is InChI=1S/C14H13N3O3S2/c18-11-3-4-12(19)17(11)6-5-15-13(20)9-8-22-14(16-9)10-2-1-7-21-10/h1-2,7-8H,3-6H2,(H,15,20). The second-order valence-electron chi connectivity index (χ2n) is 4.71. The van der Waals surface area contributed by atoms with Crippen molar-refractivity contribution in [2.45, 2.75) is 12.8 Å². The maximum absolute atomic E-state index is 12.0. The van der Waals surface area contributed by atoms with E-state index in [4.69, 9.17) is 0 Å². The number of imide groups is 1. The Bertz CT molecular complexity index is 693. The average molecular weight is 335 g/mol. The van der Waals surface area contributed by atoms with Crippen molar-refractivity contribution in [2.24, 2.45) is 0 Å². The number of thiazole rings is 1. The summed E-state index contributed by atoms with van der Waals surface area (Å²) in [6, 6.07) is 3.89. The molecule has 114 valence electrons. The summed E-state index contributed by atoms with van der Waals surface area (Å²) in [5, 5.41) is 7.16. The first-order chi connectivity index (χ1) is 10.6. The summed E-state index contributed by atoms with van der Waals surface area (Å²) in [4.78, 5) is 41.4. The van der Waals surface area contributed by atoms with Crippen LogP contribution in [0.2, 0.25) is 0 Å². The van der Waals surface area contributed by atoms with Crippen molar-refractivity contribution in [2.75, 3.05) is 13.1 Å². The predicted octanol–water partition coefficient (Wildman–Crippen LogP) is 1.75. The number of likely N-dealkylation sites (tertiary alicyclic amines) is 1. The average Bonchev–Trinajstić information content (AvgIpc) is 3.22. The van der Waals surface area contributed by atoms with E-state index in [0.717, 1.165) is 9.88 Å². The summed E-state index contributed by atoms with van der Waals surface area (Å²) in [5.41, 5.74) is 0.354. The maximum atomic E-state index is 12.0. The van der Waals surface area contributed by atoms with E-state index in [2.05, 4.69) is 10.3 Å². The molecule has 0 radical (unpaired) electrons. The van der Waals surface area contributed by atoms with Crippen LogP contribution >= 0.6 is 22.7 Å². The molecule has 0 aliphatic carbocycles. The summed E-state index contributed by atoms with van der Waals surface area (Å²) >= 11 is 2.99. The first-order valence-corrected chi connectivity index (χ1v) is 8.52. The second-order valence-corrected chi connectivity index (χ2v) is 6.52. The van der Waals surface area contributed by atoms with E-state index in [9.17, 15) is 14.4 Å². The molecule has 0 bridgehead atoms. The van der Waals surface area contributed by atoms with E-state index >= 15 is 0 Å². The molecule has 2 aromatic heterocycles. The van der Waals surface area contributed by atoms with E-state index < -0.39 is 0 Å². The molecule has 0 atom stereocenters. The SMILES string of the molecule is O=C(NCCN1C(=O)CCC1=O)c1csc(-c2cccs2)n1. The van der Waals surface area contributed by atoms with Gasteiger partial charge in [-0.2, -0.15) is 0 Å². The molecule has 8 heteroatoms. The van der Waals surface area contributed by atoms with E-state index in [1.807, 2.05) is 17.5 Å². The molecule has 1 saturated heterocycles. The Hall–Kier alpha value is -2.06. The fraction of sp³-hybridized carbons (Fsp3) is 0.286. The lowest BCUT2D eigenvalue weighted by atomic mass is 10.4. The maximum Gasteiger partial charge on any atom is 0.270 e. The van der Waals surface area contributed by atoms with Gasteiger partial charge < -0.3 is 5.32 Å².